The van der Waals surface area contributed by atoms with Crippen molar-refractivity contribution in [1.29, 1.82) is 0 Å². The highest BCUT2D eigenvalue weighted by molar-refractivity contribution is 6.26. The van der Waals surface area contributed by atoms with Crippen LogP contribution in [0.15, 0.2) is 64.8 Å². The summed E-state index contributed by atoms with van der Waals surface area (Å²) in [4.78, 5) is -0.884. The van der Waals surface area contributed by atoms with E-state index in [0.717, 1.165) is 16.3 Å². The van der Waals surface area contributed by atoms with Crippen molar-refractivity contribution >= 4 is 33.1 Å². The van der Waals surface area contributed by atoms with Crippen LogP contribution in [0.1, 0.15) is 26.3 Å². The molecule has 0 bridgehead atoms. The predicted molar refractivity (Wildman–Crippen MR) is 94.7 cm³/mol. The van der Waals surface area contributed by atoms with Gasteiger partial charge in [0.25, 0.3) is 0 Å². The Hall–Kier alpha value is -1.93. The zero-order chi connectivity index (χ0) is 15.7. The summed E-state index contributed by atoms with van der Waals surface area (Å²) in [5, 5.41) is 13.3. The molecule has 0 N–H and O–H groups in total. The lowest BCUT2D eigenvalue weighted by Crippen LogP contribution is -2.12. The fraction of sp³-hybridized carbons (Fsp3) is 0.263. The smallest absolute Gasteiger partial charge is 0.178 e. The normalized spacial score (nSPS) is 15.0. The van der Waals surface area contributed by atoms with Crippen molar-refractivity contribution in [2.24, 2.45) is 10.2 Å². The van der Waals surface area contributed by atoms with E-state index in [9.17, 15) is 0 Å². The van der Waals surface area contributed by atoms with Crippen LogP contribution in [-0.2, 0) is 5.00 Å². The second-order valence-corrected chi connectivity index (χ2v) is 6.69. The molecule has 0 saturated carbocycles. The molecule has 0 saturated heterocycles. The van der Waals surface area contributed by atoms with Gasteiger partial charge in [-0.25, -0.2) is 0 Å². The lowest BCUT2D eigenvalue weighted by atomic mass is 9.93. The Morgan fingerprint density at radius 3 is 1.91 bits per heavy atom. The highest BCUT2D eigenvalue weighted by Gasteiger charge is 2.27. The van der Waals surface area contributed by atoms with Crippen molar-refractivity contribution in [3.8, 4) is 0 Å². The third-order valence-electron chi connectivity index (χ3n) is 3.70. The first-order valence-electron chi connectivity index (χ1n) is 7.51. The number of azo groups is 1. The van der Waals surface area contributed by atoms with Crippen molar-refractivity contribution in [2.45, 2.75) is 31.8 Å². The van der Waals surface area contributed by atoms with E-state index in [4.69, 9.17) is 11.6 Å². The lowest BCUT2D eigenvalue weighted by Gasteiger charge is -2.21. The second-order valence-electron chi connectivity index (χ2n) is 5.96. The summed E-state index contributed by atoms with van der Waals surface area (Å²) in [6.45, 7) is 5.91. The molecule has 3 heteroatoms. The molecule has 3 aromatic rings. The molecule has 1 unspecified atom stereocenters. The van der Waals surface area contributed by atoms with Crippen LogP contribution in [0.4, 0.5) is 0 Å². The van der Waals surface area contributed by atoms with Crippen molar-refractivity contribution in [3.05, 3.63) is 60.2 Å². The van der Waals surface area contributed by atoms with Crippen molar-refractivity contribution in [3.63, 3.8) is 0 Å². The van der Waals surface area contributed by atoms with Gasteiger partial charge in [-0.05, 0) is 48.4 Å². The predicted octanol–water partition coefficient (Wildman–Crippen LogP) is 6.27. The number of hydrogen-bond acceptors (Lipinski definition) is 2. The molecule has 0 spiro atoms. The summed E-state index contributed by atoms with van der Waals surface area (Å²) < 4.78 is 0. The molecule has 112 valence electrons. The summed E-state index contributed by atoms with van der Waals surface area (Å²) in [5.41, 5.74) is 1.02. The number of rotatable bonds is 3. The fourth-order valence-electron chi connectivity index (χ4n) is 2.78. The second kappa shape index (κ2) is 5.69. The molecule has 0 aliphatic carbocycles. The minimum absolute atomic E-state index is 0.124. The summed E-state index contributed by atoms with van der Waals surface area (Å²) >= 11 is 6.80. The van der Waals surface area contributed by atoms with E-state index in [0.29, 0.717) is 0 Å². The van der Waals surface area contributed by atoms with E-state index in [1.54, 1.807) is 0 Å². The first-order valence-corrected chi connectivity index (χ1v) is 7.89. The highest BCUT2D eigenvalue weighted by Crippen LogP contribution is 2.40. The minimum Gasteiger partial charge on any atom is -0.189 e. The van der Waals surface area contributed by atoms with Crippen LogP contribution in [0.3, 0.4) is 0 Å². The molecule has 1 atom stereocenters. The van der Waals surface area contributed by atoms with Crippen molar-refractivity contribution in [2.75, 3.05) is 0 Å². The summed E-state index contributed by atoms with van der Waals surface area (Å²) in [6, 6.07) is 18.9. The summed E-state index contributed by atoms with van der Waals surface area (Å²) in [5.74, 6) is 0. The van der Waals surface area contributed by atoms with E-state index < -0.39 is 5.00 Å². The maximum Gasteiger partial charge on any atom is 0.178 e. The Balaban J connectivity index is 2.37. The van der Waals surface area contributed by atoms with Crippen LogP contribution in [0.5, 0.6) is 0 Å². The lowest BCUT2D eigenvalue weighted by molar-refractivity contribution is 0.625. The monoisotopic (exact) mass is 310 g/mol. The molecular weight excluding hydrogens is 292 g/mol. The van der Waals surface area contributed by atoms with Crippen LogP contribution in [0.2, 0.25) is 0 Å². The van der Waals surface area contributed by atoms with E-state index in [1.165, 1.54) is 10.8 Å². The van der Waals surface area contributed by atoms with Crippen LogP contribution >= 0.6 is 11.6 Å². The zero-order valence-corrected chi connectivity index (χ0v) is 13.8. The third kappa shape index (κ3) is 2.71. The molecule has 0 fully saturated rings. The Morgan fingerprint density at radius 1 is 0.909 bits per heavy atom. The first-order chi connectivity index (χ1) is 10.5. The first kappa shape index (κ1) is 15.0. The standard InChI is InChI=1S/C19H19ClN2/c1-13(2)21-22-19(3,20)18-16-10-6-4-8-14(16)12-15-9-5-7-11-17(15)18/h4-13H,1-3H3/b22-21+. The number of hydrogen-bond donors (Lipinski definition) is 0. The average molecular weight is 311 g/mol. The zero-order valence-electron chi connectivity index (χ0n) is 13.0. The maximum absolute atomic E-state index is 6.80. The Labute approximate surface area is 135 Å². The molecule has 0 aliphatic rings. The topological polar surface area (TPSA) is 24.7 Å². The molecule has 0 heterocycles. The largest absolute Gasteiger partial charge is 0.189 e. The Morgan fingerprint density at radius 2 is 1.41 bits per heavy atom. The van der Waals surface area contributed by atoms with Gasteiger partial charge in [0.1, 0.15) is 0 Å². The molecule has 22 heavy (non-hydrogen) atoms. The number of fused-ring (bicyclic) bond motifs is 2. The highest BCUT2D eigenvalue weighted by atomic mass is 35.5. The quantitative estimate of drug-likeness (QED) is 0.236. The third-order valence-corrected chi connectivity index (χ3v) is 3.97. The van der Waals surface area contributed by atoms with Crippen molar-refractivity contribution < 1.29 is 0 Å². The number of benzene rings is 3. The van der Waals surface area contributed by atoms with Gasteiger partial charge in [0, 0.05) is 5.56 Å². The molecule has 3 rings (SSSR count). The van der Waals surface area contributed by atoms with Gasteiger partial charge in [0.15, 0.2) is 5.00 Å². The number of nitrogens with zero attached hydrogens (tertiary/aromatic N) is 2. The molecule has 0 radical (unpaired) electrons. The minimum atomic E-state index is -0.884. The number of alkyl halides is 1. The molecule has 2 nitrogen and oxygen atoms in total. The molecule has 0 aromatic heterocycles. The van der Waals surface area contributed by atoms with Gasteiger partial charge in [-0.2, -0.15) is 10.2 Å². The average Bonchev–Trinajstić information content (AvgIpc) is 2.50. The van der Waals surface area contributed by atoms with Crippen LogP contribution in [-0.4, -0.2) is 6.04 Å². The van der Waals surface area contributed by atoms with Gasteiger partial charge in [0.05, 0.1) is 6.04 Å². The van der Waals surface area contributed by atoms with Crippen LogP contribution in [0.25, 0.3) is 21.5 Å². The summed E-state index contributed by atoms with van der Waals surface area (Å²) in [7, 11) is 0. The maximum atomic E-state index is 6.80. The SMILES string of the molecule is CC(C)/N=N/C(C)(Cl)c1c2ccccc2cc2ccccc12. The van der Waals surface area contributed by atoms with Gasteiger partial charge in [-0.1, -0.05) is 60.1 Å². The van der Waals surface area contributed by atoms with E-state index >= 15 is 0 Å². The van der Waals surface area contributed by atoms with E-state index in [1.807, 2.05) is 45.0 Å². The fourth-order valence-corrected chi connectivity index (χ4v) is 3.03. The van der Waals surface area contributed by atoms with E-state index in [2.05, 4.69) is 40.6 Å². The number of halogens is 1. The van der Waals surface area contributed by atoms with Crippen molar-refractivity contribution in [1.82, 2.24) is 0 Å². The van der Waals surface area contributed by atoms with Crippen LogP contribution < -0.4 is 0 Å². The molecule has 0 aliphatic heterocycles. The van der Waals surface area contributed by atoms with Gasteiger partial charge < -0.3 is 0 Å². The van der Waals surface area contributed by atoms with E-state index in [-0.39, 0.29) is 6.04 Å². The van der Waals surface area contributed by atoms with Gasteiger partial charge in [-0.3, -0.25) is 0 Å². The van der Waals surface area contributed by atoms with Gasteiger partial charge in [0.2, 0.25) is 0 Å². The summed E-state index contributed by atoms with van der Waals surface area (Å²) in [6.07, 6.45) is 0. The molecular formula is C19H19ClN2. The molecule has 3 aromatic carbocycles. The Kier molecular flexibility index (Phi) is 3.88. The van der Waals surface area contributed by atoms with Gasteiger partial charge in [-0.15, -0.1) is 0 Å². The van der Waals surface area contributed by atoms with Gasteiger partial charge >= 0.3 is 0 Å². The Bertz CT molecular complexity index is 796. The van der Waals surface area contributed by atoms with Crippen LogP contribution in [0, 0.1) is 0 Å². The molecule has 0 amide bonds.